The van der Waals surface area contributed by atoms with E-state index in [0.29, 0.717) is 25.0 Å². The number of aromatic nitrogens is 1. The molecule has 7 heteroatoms. The molecule has 0 saturated carbocycles. The second-order valence-corrected chi connectivity index (χ2v) is 7.49. The van der Waals surface area contributed by atoms with Gasteiger partial charge in [-0.2, -0.15) is 0 Å². The van der Waals surface area contributed by atoms with Gasteiger partial charge >= 0.3 is 0 Å². The average Bonchev–Trinajstić information content (AvgIpc) is 3.09. The van der Waals surface area contributed by atoms with Crippen molar-refractivity contribution < 1.29 is 9.84 Å². The molecule has 1 saturated heterocycles. The largest absolute Gasteiger partial charge is 0.396 e. The molecule has 2 heterocycles. The van der Waals surface area contributed by atoms with Gasteiger partial charge in [-0.1, -0.05) is 19.9 Å². The summed E-state index contributed by atoms with van der Waals surface area (Å²) in [5.41, 5.74) is 1.21. The lowest BCUT2D eigenvalue weighted by Crippen LogP contribution is -2.41. The number of guanidine groups is 1. The van der Waals surface area contributed by atoms with Crippen molar-refractivity contribution in [3.63, 3.8) is 0 Å². The SMILES string of the molecule is CCNC(=NCC1(CCO)CCOC1)NCC(c1cccnc1)C(C)C.I. The van der Waals surface area contributed by atoms with Crippen LogP contribution in [0.2, 0.25) is 0 Å². The lowest BCUT2D eigenvalue weighted by molar-refractivity contribution is 0.131. The van der Waals surface area contributed by atoms with Crippen molar-refractivity contribution in [1.29, 1.82) is 0 Å². The lowest BCUT2D eigenvalue weighted by atomic mass is 9.84. The third kappa shape index (κ3) is 7.54. The van der Waals surface area contributed by atoms with E-state index in [2.05, 4.69) is 42.5 Å². The van der Waals surface area contributed by atoms with Crippen LogP contribution in [-0.4, -0.2) is 55.5 Å². The standard InChI is InChI=1S/C20H34N4O2.HI/c1-4-22-19(24-14-20(7-10-25)8-11-26-15-20)23-13-18(16(2)3)17-6-5-9-21-12-17;/h5-6,9,12,16,18,25H,4,7-8,10-11,13-15H2,1-3H3,(H2,22,23,24);1H. The van der Waals surface area contributed by atoms with Crippen LogP contribution in [0.25, 0.3) is 0 Å². The summed E-state index contributed by atoms with van der Waals surface area (Å²) in [6.07, 6.45) is 5.45. The highest BCUT2D eigenvalue weighted by Gasteiger charge is 2.34. The van der Waals surface area contributed by atoms with Gasteiger partial charge in [-0.05, 0) is 37.3 Å². The fourth-order valence-corrected chi connectivity index (χ4v) is 3.42. The molecule has 1 aliphatic rings. The van der Waals surface area contributed by atoms with Crippen LogP contribution >= 0.6 is 24.0 Å². The monoisotopic (exact) mass is 490 g/mol. The molecule has 0 aliphatic carbocycles. The summed E-state index contributed by atoms with van der Waals surface area (Å²) in [6, 6.07) is 4.12. The summed E-state index contributed by atoms with van der Waals surface area (Å²) >= 11 is 0. The predicted molar refractivity (Wildman–Crippen MR) is 121 cm³/mol. The van der Waals surface area contributed by atoms with Gasteiger partial charge in [0, 0.05) is 50.0 Å². The number of hydrogen-bond donors (Lipinski definition) is 3. The van der Waals surface area contributed by atoms with Crippen LogP contribution < -0.4 is 10.6 Å². The summed E-state index contributed by atoms with van der Waals surface area (Å²) in [7, 11) is 0. The van der Waals surface area contributed by atoms with Gasteiger partial charge < -0.3 is 20.5 Å². The Morgan fingerprint density at radius 2 is 2.22 bits per heavy atom. The van der Waals surface area contributed by atoms with Crippen molar-refractivity contribution >= 4 is 29.9 Å². The fraction of sp³-hybridized carbons (Fsp3) is 0.700. The van der Waals surface area contributed by atoms with Crippen molar-refractivity contribution in [1.82, 2.24) is 15.6 Å². The van der Waals surface area contributed by atoms with Gasteiger partial charge in [0.2, 0.25) is 0 Å². The zero-order valence-corrected chi connectivity index (χ0v) is 19.1. The Morgan fingerprint density at radius 3 is 2.78 bits per heavy atom. The Morgan fingerprint density at radius 1 is 1.41 bits per heavy atom. The molecule has 1 aromatic rings. The van der Waals surface area contributed by atoms with Crippen molar-refractivity contribution in [2.75, 3.05) is 39.5 Å². The molecule has 6 nitrogen and oxygen atoms in total. The minimum absolute atomic E-state index is 0. The molecular weight excluding hydrogens is 455 g/mol. The Hall–Kier alpha value is -0.930. The van der Waals surface area contributed by atoms with Crippen LogP contribution in [-0.2, 0) is 4.74 Å². The van der Waals surface area contributed by atoms with Crippen LogP contribution in [0, 0.1) is 11.3 Å². The van der Waals surface area contributed by atoms with E-state index < -0.39 is 0 Å². The normalized spacial score (nSPS) is 21.0. The van der Waals surface area contributed by atoms with E-state index in [1.807, 2.05) is 18.5 Å². The first kappa shape index (κ1) is 24.1. The van der Waals surface area contributed by atoms with E-state index in [9.17, 15) is 5.11 Å². The van der Waals surface area contributed by atoms with E-state index in [4.69, 9.17) is 9.73 Å². The molecule has 2 unspecified atom stereocenters. The average molecular weight is 490 g/mol. The summed E-state index contributed by atoms with van der Waals surface area (Å²) < 4.78 is 5.56. The zero-order chi connectivity index (χ0) is 18.8. The number of aliphatic hydroxyl groups is 1. The first-order chi connectivity index (χ1) is 12.6. The first-order valence-corrected chi connectivity index (χ1v) is 9.71. The van der Waals surface area contributed by atoms with Crippen LogP contribution in [0.4, 0.5) is 0 Å². The molecule has 0 radical (unpaired) electrons. The quantitative estimate of drug-likeness (QED) is 0.282. The number of nitrogens with zero attached hydrogens (tertiary/aromatic N) is 2. The molecule has 0 amide bonds. The van der Waals surface area contributed by atoms with Crippen LogP contribution in [0.15, 0.2) is 29.5 Å². The van der Waals surface area contributed by atoms with Gasteiger partial charge in [0.15, 0.2) is 5.96 Å². The van der Waals surface area contributed by atoms with E-state index >= 15 is 0 Å². The van der Waals surface area contributed by atoms with Gasteiger partial charge in [-0.15, -0.1) is 24.0 Å². The highest BCUT2D eigenvalue weighted by Crippen LogP contribution is 2.32. The molecule has 2 rings (SSSR count). The molecule has 27 heavy (non-hydrogen) atoms. The van der Waals surface area contributed by atoms with Crippen LogP contribution in [0.1, 0.15) is 45.1 Å². The zero-order valence-electron chi connectivity index (χ0n) is 16.8. The lowest BCUT2D eigenvalue weighted by Gasteiger charge is -2.26. The van der Waals surface area contributed by atoms with Crippen molar-refractivity contribution in [2.45, 2.75) is 39.5 Å². The number of hydrogen-bond acceptors (Lipinski definition) is 4. The molecule has 1 aliphatic heterocycles. The van der Waals surface area contributed by atoms with Crippen LogP contribution in [0.3, 0.4) is 0 Å². The Bertz CT molecular complexity index is 548. The number of nitrogens with one attached hydrogen (secondary N) is 2. The molecule has 1 fully saturated rings. The first-order valence-electron chi connectivity index (χ1n) is 9.71. The number of aliphatic imine (C=N–C) groups is 1. The molecular formula is C20H35IN4O2. The summed E-state index contributed by atoms with van der Waals surface area (Å²) in [6.45, 7) is 10.4. The molecule has 0 spiro atoms. The highest BCUT2D eigenvalue weighted by molar-refractivity contribution is 14.0. The minimum Gasteiger partial charge on any atom is -0.396 e. The predicted octanol–water partition coefficient (Wildman–Crippen LogP) is 2.78. The van der Waals surface area contributed by atoms with E-state index in [1.54, 1.807) is 0 Å². The summed E-state index contributed by atoms with van der Waals surface area (Å²) in [4.78, 5) is 9.06. The summed E-state index contributed by atoms with van der Waals surface area (Å²) in [5, 5.41) is 16.2. The third-order valence-electron chi connectivity index (χ3n) is 5.15. The van der Waals surface area contributed by atoms with Crippen molar-refractivity contribution in [2.24, 2.45) is 16.3 Å². The Balaban J connectivity index is 0.00000364. The summed E-state index contributed by atoms with van der Waals surface area (Å²) in [5.74, 6) is 1.69. The third-order valence-corrected chi connectivity index (χ3v) is 5.15. The topological polar surface area (TPSA) is 78.8 Å². The molecule has 2 atom stereocenters. The van der Waals surface area contributed by atoms with Gasteiger partial charge in [0.05, 0.1) is 13.2 Å². The maximum Gasteiger partial charge on any atom is 0.191 e. The second-order valence-electron chi connectivity index (χ2n) is 7.49. The maximum atomic E-state index is 9.38. The number of rotatable bonds is 9. The van der Waals surface area contributed by atoms with Crippen molar-refractivity contribution in [3.8, 4) is 0 Å². The Kier molecular flexibility index (Phi) is 11.2. The molecule has 0 aromatic carbocycles. The number of pyridine rings is 1. The molecule has 1 aromatic heterocycles. The second kappa shape index (κ2) is 12.5. The number of halogens is 1. The maximum absolute atomic E-state index is 9.38. The number of ether oxygens (including phenoxy) is 1. The van der Waals surface area contributed by atoms with E-state index in [0.717, 1.165) is 38.5 Å². The smallest absolute Gasteiger partial charge is 0.191 e. The van der Waals surface area contributed by atoms with Gasteiger partial charge in [-0.3, -0.25) is 9.98 Å². The van der Waals surface area contributed by atoms with Crippen molar-refractivity contribution in [3.05, 3.63) is 30.1 Å². The van der Waals surface area contributed by atoms with Gasteiger partial charge in [-0.25, -0.2) is 0 Å². The van der Waals surface area contributed by atoms with Gasteiger partial charge in [0.1, 0.15) is 0 Å². The molecule has 0 bridgehead atoms. The minimum atomic E-state index is -0.0299. The van der Waals surface area contributed by atoms with Gasteiger partial charge in [0.25, 0.3) is 0 Å². The highest BCUT2D eigenvalue weighted by atomic mass is 127. The Labute approximate surface area is 180 Å². The molecule has 3 N–H and O–H groups in total. The fourth-order valence-electron chi connectivity index (χ4n) is 3.42. The van der Waals surface area contributed by atoms with Crippen LogP contribution in [0.5, 0.6) is 0 Å². The van der Waals surface area contributed by atoms with E-state index in [-0.39, 0.29) is 36.0 Å². The number of aliphatic hydroxyl groups excluding tert-OH is 1. The van der Waals surface area contributed by atoms with E-state index in [1.165, 1.54) is 5.56 Å². The molecule has 154 valence electrons.